The van der Waals surface area contributed by atoms with E-state index in [0.29, 0.717) is 38.2 Å². The first-order chi connectivity index (χ1) is 11.5. The normalized spacial score (nSPS) is 19.0. The average Bonchev–Trinajstić information content (AvgIpc) is 2.61. The highest BCUT2D eigenvalue weighted by Crippen LogP contribution is 2.21. The lowest BCUT2D eigenvalue weighted by molar-refractivity contribution is -0.138. The molecule has 0 bridgehead atoms. The third kappa shape index (κ3) is 4.77. The zero-order chi connectivity index (χ0) is 17.5. The molecule has 6 heteroatoms. The van der Waals surface area contributed by atoms with Gasteiger partial charge in [0.15, 0.2) is 0 Å². The number of nitrogens with zero attached hydrogens (tertiary/aromatic N) is 1. The van der Waals surface area contributed by atoms with Gasteiger partial charge in [0.05, 0.1) is 5.92 Å². The molecule has 3 N–H and O–H groups in total. The highest BCUT2D eigenvalue weighted by atomic mass is 19.1. The van der Waals surface area contributed by atoms with Crippen molar-refractivity contribution >= 4 is 11.8 Å². The number of nitrogens with one attached hydrogen (secondary N) is 1. The Morgan fingerprint density at radius 2 is 2.17 bits per heavy atom. The van der Waals surface area contributed by atoms with E-state index in [1.54, 1.807) is 23.1 Å². The fourth-order valence-electron chi connectivity index (χ4n) is 3.12. The number of carbonyl (C=O) groups is 2. The predicted molar refractivity (Wildman–Crippen MR) is 90.6 cm³/mol. The number of benzene rings is 1. The van der Waals surface area contributed by atoms with Gasteiger partial charge in [0.1, 0.15) is 5.82 Å². The van der Waals surface area contributed by atoms with Crippen LogP contribution in [0.1, 0.15) is 25.3 Å². The van der Waals surface area contributed by atoms with Crippen molar-refractivity contribution in [1.29, 1.82) is 0 Å². The van der Waals surface area contributed by atoms with Gasteiger partial charge in [0.25, 0.3) is 0 Å². The maximum atomic E-state index is 13.8. The maximum absolute atomic E-state index is 13.8. The second-order valence-corrected chi connectivity index (χ2v) is 6.40. The van der Waals surface area contributed by atoms with Gasteiger partial charge < -0.3 is 16.0 Å². The minimum Gasteiger partial charge on any atom is -0.355 e. The molecule has 2 unspecified atom stereocenters. The van der Waals surface area contributed by atoms with Crippen LogP contribution in [0.5, 0.6) is 0 Å². The molecule has 1 aliphatic heterocycles. The van der Waals surface area contributed by atoms with Crippen LogP contribution in [0.25, 0.3) is 0 Å². The molecule has 2 amide bonds. The van der Waals surface area contributed by atoms with E-state index in [1.165, 1.54) is 6.07 Å². The first-order valence-electron chi connectivity index (χ1n) is 8.53. The summed E-state index contributed by atoms with van der Waals surface area (Å²) in [5, 5.41) is 2.79. The lowest BCUT2D eigenvalue weighted by Gasteiger charge is -2.33. The molecule has 1 fully saturated rings. The van der Waals surface area contributed by atoms with Crippen molar-refractivity contribution < 1.29 is 14.0 Å². The Morgan fingerprint density at radius 1 is 1.42 bits per heavy atom. The highest BCUT2D eigenvalue weighted by molar-refractivity contribution is 5.82. The number of piperidine rings is 1. The number of halogens is 1. The molecule has 1 aliphatic rings. The molecular weight excluding hydrogens is 309 g/mol. The first-order valence-corrected chi connectivity index (χ1v) is 8.53. The summed E-state index contributed by atoms with van der Waals surface area (Å²) < 4.78 is 13.8. The molecule has 132 valence electrons. The molecule has 1 aromatic rings. The number of amides is 2. The summed E-state index contributed by atoms with van der Waals surface area (Å²) in [6.07, 6.45) is 1.95. The predicted octanol–water partition coefficient (Wildman–Crippen LogP) is 1.32. The molecule has 1 saturated heterocycles. The Balaban J connectivity index is 1.93. The molecule has 0 radical (unpaired) electrons. The summed E-state index contributed by atoms with van der Waals surface area (Å²) >= 11 is 0. The maximum Gasteiger partial charge on any atom is 0.225 e. The van der Waals surface area contributed by atoms with Crippen LogP contribution in [0.15, 0.2) is 24.3 Å². The fraction of sp³-hybridized carbons (Fsp3) is 0.556. The lowest BCUT2D eigenvalue weighted by Crippen LogP contribution is -2.47. The molecule has 0 aromatic heterocycles. The van der Waals surface area contributed by atoms with E-state index in [-0.39, 0.29) is 29.5 Å². The Hall–Kier alpha value is -1.95. The molecule has 5 nitrogen and oxygen atoms in total. The van der Waals surface area contributed by atoms with Gasteiger partial charge in [-0.05, 0) is 30.9 Å². The average molecular weight is 335 g/mol. The SMILES string of the molecule is CC(Cc1ccccc1F)C(=O)N1CCCC(C(=O)NCCN)C1. The van der Waals surface area contributed by atoms with Gasteiger partial charge in [0.2, 0.25) is 11.8 Å². The third-order valence-corrected chi connectivity index (χ3v) is 4.45. The van der Waals surface area contributed by atoms with E-state index in [4.69, 9.17) is 5.73 Å². The highest BCUT2D eigenvalue weighted by Gasteiger charge is 2.30. The molecule has 24 heavy (non-hydrogen) atoms. The number of rotatable bonds is 6. The van der Waals surface area contributed by atoms with Crippen LogP contribution in [0.2, 0.25) is 0 Å². The van der Waals surface area contributed by atoms with Gasteiger partial charge >= 0.3 is 0 Å². The van der Waals surface area contributed by atoms with Gasteiger partial charge in [0, 0.05) is 32.1 Å². The Labute approximate surface area is 142 Å². The topological polar surface area (TPSA) is 75.4 Å². The molecule has 0 aliphatic carbocycles. The van der Waals surface area contributed by atoms with E-state index in [1.807, 2.05) is 6.92 Å². The van der Waals surface area contributed by atoms with Gasteiger partial charge in [-0.25, -0.2) is 4.39 Å². The summed E-state index contributed by atoms with van der Waals surface area (Å²) in [5.41, 5.74) is 5.95. The van der Waals surface area contributed by atoms with Crippen molar-refractivity contribution in [2.75, 3.05) is 26.2 Å². The Bertz CT molecular complexity index is 579. The third-order valence-electron chi connectivity index (χ3n) is 4.45. The Kier molecular flexibility index (Phi) is 6.73. The van der Waals surface area contributed by atoms with Crippen LogP contribution >= 0.6 is 0 Å². The second kappa shape index (κ2) is 8.78. The number of carbonyl (C=O) groups excluding carboxylic acids is 2. The molecule has 0 spiro atoms. The van der Waals surface area contributed by atoms with Crippen molar-refractivity contribution in [3.05, 3.63) is 35.6 Å². The van der Waals surface area contributed by atoms with E-state index >= 15 is 0 Å². The van der Waals surface area contributed by atoms with E-state index in [9.17, 15) is 14.0 Å². The second-order valence-electron chi connectivity index (χ2n) is 6.40. The molecule has 2 atom stereocenters. The molecular formula is C18H26FN3O2. The number of hydrogen-bond acceptors (Lipinski definition) is 3. The quantitative estimate of drug-likeness (QED) is 0.823. The van der Waals surface area contributed by atoms with Crippen molar-refractivity contribution in [1.82, 2.24) is 10.2 Å². The van der Waals surface area contributed by atoms with Crippen molar-refractivity contribution in [2.45, 2.75) is 26.2 Å². The van der Waals surface area contributed by atoms with E-state index < -0.39 is 0 Å². The van der Waals surface area contributed by atoms with Crippen LogP contribution in [0.4, 0.5) is 4.39 Å². The largest absolute Gasteiger partial charge is 0.355 e. The van der Waals surface area contributed by atoms with Gasteiger partial charge in [-0.2, -0.15) is 0 Å². The van der Waals surface area contributed by atoms with Crippen LogP contribution < -0.4 is 11.1 Å². The van der Waals surface area contributed by atoms with Crippen LogP contribution in [-0.4, -0.2) is 42.9 Å². The minimum absolute atomic E-state index is 0.0189. The fourth-order valence-corrected chi connectivity index (χ4v) is 3.12. The van der Waals surface area contributed by atoms with Crippen LogP contribution in [-0.2, 0) is 16.0 Å². The van der Waals surface area contributed by atoms with Crippen LogP contribution in [0, 0.1) is 17.7 Å². The summed E-state index contributed by atoms with van der Waals surface area (Å²) in [6.45, 7) is 3.75. The van der Waals surface area contributed by atoms with Crippen molar-refractivity contribution in [3.63, 3.8) is 0 Å². The summed E-state index contributed by atoms with van der Waals surface area (Å²) in [6, 6.07) is 6.53. The summed E-state index contributed by atoms with van der Waals surface area (Å²) in [5.74, 6) is -0.841. The molecule has 2 rings (SSSR count). The Morgan fingerprint density at radius 3 is 2.88 bits per heavy atom. The molecule has 1 heterocycles. The van der Waals surface area contributed by atoms with E-state index in [0.717, 1.165) is 12.8 Å². The number of nitrogens with two attached hydrogens (primary N) is 1. The van der Waals surface area contributed by atoms with Gasteiger partial charge in [-0.15, -0.1) is 0 Å². The smallest absolute Gasteiger partial charge is 0.225 e. The monoisotopic (exact) mass is 335 g/mol. The standard InChI is InChI=1S/C18H26FN3O2/c1-13(11-14-5-2-3-7-16(14)19)18(24)22-10-4-6-15(12-22)17(23)21-9-8-20/h2-3,5,7,13,15H,4,6,8-12,20H2,1H3,(H,21,23). The minimum atomic E-state index is -0.312. The lowest BCUT2D eigenvalue weighted by atomic mass is 9.94. The summed E-state index contributed by atoms with van der Waals surface area (Å²) in [7, 11) is 0. The first kappa shape index (κ1) is 18.4. The zero-order valence-corrected chi connectivity index (χ0v) is 14.1. The zero-order valence-electron chi connectivity index (χ0n) is 14.1. The molecule has 0 saturated carbocycles. The van der Waals surface area contributed by atoms with Gasteiger partial charge in [-0.1, -0.05) is 25.1 Å². The van der Waals surface area contributed by atoms with Gasteiger partial charge in [-0.3, -0.25) is 9.59 Å². The van der Waals surface area contributed by atoms with Crippen molar-refractivity contribution in [3.8, 4) is 0 Å². The number of likely N-dealkylation sites (tertiary alicyclic amines) is 1. The van der Waals surface area contributed by atoms with Crippen molar-refractivity contribution in [2.24, 2.45) is 17.6 Å². The van der Waals surface area contributed by atoms with E-state index in [2.05, 4.69) is 5.32 Å². The number of hydrogen-bond donors (Lipinski definition) is 2. The van der Waals surface area contributed by atoms with Crippen LogP contribution in [0.3, 0.4) is 0 Å². The molecule has 1 aromatic carbocycles. The summed E-state index contributed by atoms with van der Waals surface area (Å²) in [4.78, 5) is 26.5.